The molecule has 8 heavy (non-hydrogen) atoms. The van der Waals surface area contributed by atoms with Crippen LogP contribution in [0.5, 0.6) is 0 Å². The molecule has 0 amide bonds. The van der Waals surface area contributed by atoms with Crippen LogP contribution in [0.3, 0.4) is 0 Å². The Hall–Kier alpha value is 0.390. The maximum absolute atomic E-state index is 9.45. The smallest absolute Gasteiger partial charge is 1.00 e. The first kappa shape index (κ1) is 15.8. The molecule has 46 valence electrons. The van der Waals surface area contributed by atoms with Crippen molar-refractivity contribution in [2.45, 2.75) is 13.0 Å². The van der Waals surface area contributed by atoms with E-state index in [4.69, 9.17) is 10.2 Å². The van der Waals surface area contributed by atoms with E-state index in [9.17, 15) is 4.79 Å². The topological polar surface area (TPSA) is 89.0 Å². The molecule has 0 saturated carbocycles. The summed E-state index contributed by atoms with van der Waals surface area (Å²) in [6.45, 7) is 1.20. The molecule has 0 saturated heterocycles. The van der Waals surface area contributed by atoms with E-state index in [0.717, 1.165) is 0 Å². The van der Waals surface area contributed by atoms with Crippen molar-refractivity contribution in [1.29, 1.82) is 0 Å². The summed E-state index contributed by atoms with van der Waals surface area (Å²) in [4.78, 5) is 9.45. The van der Waals surface area contributed by atoms with E-state index >= 15 is 0 Å². The minimum atomic E-state index is -1.23. The predicted octanol–water partition coefficient (Wildman–Crippen LogP) is -4.26. The molecule has 0 aromatic carbocycles. The Kier molecular flexibility index (Phi) is 14.6. The molecule has 0 fully saturated rings. The monoisotopic (exact) mass is 132 g/mol. The Morgan fingerprint density at radius 1 is 1.75 bits per heavy atom. The number of aliphatic hydroxyl groups excluding tert-OH is 1. The summed E-state index contributed by atoms with van der Waals surface area (Å²) in [6.07, 6.45) is -1.23. The number of aliphatic hydroxyl groups is 1. The Morgan fingerprint density at radius 2 is 1.88 bits per heavy atom. The van der Waals surface area contributed by atoms with Gasteiger partial charge in [0.1, 0.15) is 6.10 Å². The first-order valence-electron chi connectivity index (χ1n) is 1.55. The van der Waals surface area contributed by atoms with Crippen LogP contribution >= 0.6 is 0 Å². The standard InChI is InChI=1S/C3H6O3.Na.H2O.H/c1-2(4)3(5)6;;;/h2,4H,1H3,(H,5,6);;1H2;/q;+1;;-1. The summed E-state index contributed by atoms with van der Waals surface area (Å²) in [7, 11) is 0. The number of rotatable bonds is 1. The normalized spacial score (nSPS) is 10.2. The van der Waals surface area contributed by atoms with Gasteiger partial charge in [0.15, 0.2) is 0 Å². The van der Waals surface area contributed by atoms with Gasteiger partial charge in [0.2, 0.25) is 0 Å². The molecule has 0 spiro atoms. The largest absolute Gasteiger partial charge is 1.00 e. The molecular weight excluding hydrogens is 123 g/mol. The van der Waals surface area contributed by atoms with Crippen LogP contribution in [-0.2, 0) is 4.79 Å². The molecule has 0 aliphatic carbocycles. The van der Waals surface area contributed by atoms with E-state index in [2.05, 4.69) is 0 Å². The fraction of sp³-hybridized carbons (Fsp3) is 0.667. The summed E-state index contributed by atoms with van der Waals surface area (Å²) >= 11 is 0. The third-order valence-electron chi connectivity index (χ3n) is 0.357. The van der Waals surface area contributed by atoms with E-state index in [-0.39, 0.29) is 36.5 Å². The van der Waals surface area contributed by atoms with Crippen LogP contribution in [0.15, 0.2) is 0 Å². The van der Waals surface area contributed by atoms with Crippen LogP contribution in [0, 0.1) is 0 Å². The zero-order chi connectivity index (χ0) is 5.15. The molecule has 1 atom stereocenters. The van der Waals surface area contributed by atoms with Crippen LogP contribution in [0.1, 0.15) is 8.35 Å². The van der Waals surface area contributed by atoms with Crippen LogP contribution in [0.4, 0.5) is 0 Å². The van der Waals surface area contributed by atoms with Crippen molar-refractivity contribution in [2.24, 2.45) is 0 Å². The molecule has 4 N–H and O–H groups in total. The number of hydrogen-bond donors (Lipinski definition) is 2. The molecule has 0 bridgehead atoms. The van der Waals surface area contributed by atoms with Gasteiger partial charge in [-0.25, -0.2) is 4.79 Å². The number of hydrogen-bond acceptors (Lipinski definition) is 2. The molecule has 0 rings (SSSR count). The van der Waals surface area contributed by atoms with Gasteiger partial charge >= 0.3 is 35.5 Å². The van der Waals surface area contributed by atoms with E-state index in [1.54, 1.807) is 0 Å². The third kappa shape index (κ3) is 9.63. The number of carboxylic acid groups (broad SMARTS) is 1. The van der Waals surface area contributed by atoms with Gasteiger partial charge in [0, 0.05) is 0 Å². The zero-order valence-electron chi connectivity index (χ0n) is 5.88. The maximum Gasteiger partial charge on any atom is 1.00 e. The predicted molar refractivity (Wildman–Crippen MR) is 24.0 cm³/mol. The maximum atomic E-state index is 9.45. The van der Waals surface area contributed by atoms with Gasteiger partial charge < -0.3 is 17.1 Å². The van der Waals surface area contributed by atoms with E-state index in [1.807, 2.05) is 0 Å². The fourth-order valence-corrected chi connectivity index (χ4v) is 0. The Balaban J connectivity index is -0.0000000417. The number of aliphatic carboxylic acids is 1. The van der Waals surface area contributed by atoms with Crippen LogP contribution in [0.25, 0.3) is 0 Å². The zero-order valence-corrected chi connectivity index (χ0v) is 6.88. The van der Waals surface area contributed by atoms with E-state index in [0.29, 0.717) is 0 Å². The summed E-state index contributed by atoms with van der Waals surface area (Å²) < 4.78 is 0. The third-order valence-corrected chi connectivity index (χ3v) is 0.357. The summed E-state index contributed by atoms with van der Waals surface area (Å²) in [5.74, 6) is -1.19. The van der Waals surface area contributed by atoms with Crippen molar-refractivity contribution >= 4 is 5.97 Å². The minimum absolute atomic E-state index is 0. The molecule has 0 radical (unpaired) electrons. The van der Waals surface area contributed by atoms with E-state index in [1.165, 1.54) is 6.92 Å². The van der Waals surface area contributed by atoms with Gasteiger partial charge in [-0.15, -0.1) is 0 Å². The van der Waals surface area contributed by atoms with Crippen LogP contribution in [0.2, 0.25) is 0 Å². The van der Waals surface area contributed by atoms with Crippen molar-refractivity contribution in [1.82, 2.24) is 0 Å². The first-order chi connectivity index (χ1) is 2.64. The van der Waals surface area contributed by atoms with Gasteiger partial charge in [0.25, 0.3) is 0 Å². The second-order valence-corrected chi connectivity index (χ2v) is 1.01. The molecule has 0 aliphatic heterocycles. The van der Waals surface area contributed by atoms with Gasteiger partial charge in [-0.2, -0.15) is 0 Å². The van der Waals surface area contributed by atoms with Gasteiger partial charge in [-0.05, 0) is 6.92 Å². The molecule has 0 aromatic rings. The van der Waals surface area contributed by atoms with Crippen molar-refractivity contribution in [3.05, 3.63) is 0 Å². The SMILES string of the molecule is CC(O)C(=O)O.O.[H-].[Na+]. The Bertz CT molecular complexity index is 66.8. The second-order valence-electron chi connectivity index (χ2n) is 1.01. The average Bonchev–Trinajstić information content (AvgIpc) is 1.36. The van der Waals surface area contributed by atoms with Crippen molar-refractivity contribution in [2.75, 3.05) is 0 Å². The molecule has 1 unspecified atom stereocenters. The molecule has 0 heterocycles. The number of carbonyl (C=O) groups is 1. The van der Waals surface area contributed by atoms with Gasteiger partial charge in [-0.1, -0.05) is 0 Å². The molecule has 0 aliphatic rings. The van der Waals surface area contributed by atoms with E-state index < -0.39 is 12.1 Å². The van der Waals surface area contributed by atoms with Gasteiger partial charge in [0.05, 0.1) is 0 Å². The summed E-state index contributed by atoms with van der Waals surface area (Å²) in [5.41, 5.74) is 0. The Labute approximate surface area is 70.6 Å². The fourth-order valence-electron chi connectivity index (χ4n) is 0. The summed E-state index contributed by atoms with van der Waals surface area (Å²) in [6, 6.07) is 0. The van der Waals surface area contributed by atoms with Crippen LogP contribution < -0.4 is 29.6 Å². The quantitative estimate of drug-likeness (QED) is 0.354. The molecule has 0 aromatic heterocycles. The first-order valence-corrected chi connectivity index (χ1v) is 1.55. The van der Waals surface area contributed by atoms with Gasteiger partial charge in [-0.3, -0.25) is 0 Å². The van der Waals surface area contributed by atoms with Crippen molar-refractivity contribution < 1.29 is 51.5 Å². The Morgan fingerprint density at radius 3 is 1.88 bits per heavy atom. The average molecular weight is 132 g/mol. The van der Waals surface area contributed by atoms with Crippen molar-refractivity contribution in [3.63, 3.8) is 0 Å². The minimum Gasteiger partial charge on any atom is -1.00 e. The molecule has 5 heteroatoms. The molecular formula is C3H9NaO4. The van der Waals surface area contributed by atoms with Crippen molar-refractivity contribution in [3.8, 4) is 0 Å². The molecule has 4 nitrogen and oxygen atoms in total. The number of carboxylic acids is 1. The van der Waals surface area contributed by atoms with Crippen LogP contribution in [-0.4, -0.2) is 27.8 Å². The summed E-state index contributed by atoms with van der Waals surface area (Å²) in [5, 5.41) is 15.8. The second kappa shape index (κ2) is 7.39.